The molecular formula is C24H38BrN5O2. The zero-order chi connectivity index (χ0) is 23.9. The van der Waals surface area contributed by atoms with E-state index < -0.39 is 0 Å². The van der Waals surface area contributed by atoms with E-state index in [2.05, 4.69) is 38.5 Å². The average molecular weight is 509 g/mol. The van der Waals surface area contributed by atoms with Crippen LogP contribution in [0.4, 0.5) is 0 Å². The number of ketones is 1. The summed E-state index contributed by atoms with van der Waals surface area (Å²) in [7, 11) is 1.85. The Morgan fingerprint density at radius 2 is 2.12 bits per heavy atom. The van der Waals surface area contributed by atoms with Gasteiger partial charge in [-0.15, -0.1) is 12.3 Å². The molecule has 1 aliphatic carbocycles. The van der Waals surface area contributed by atoms with E-state index in [1.165, 1.54) is 12.8 Å². The summed E-state index contributed by atoms with van der Waals surface area (Å²) in [6.07, 6.45) is 15.4. The first-order valence-corrected chi connectivity index (χ1v) is 11.7. The number of nitrogens with two attached hydrogens (primary N) is 2. The number of nitrogens with zero attached hydrogens (tertiary/aromatic N) is 2. The molecule has 178 valence electrons. The Morgan fingerprint density at radius 1 is 1.44 bits per heavy atom. The molecule has 2 rings (SSSR count). The van der Waals surface area contributed by atoms with Crippen LogP contribution in [0.5, 0.6) is 0 Å². The fourth-order valence-corrected chi connectivity index (χ4v) is 3.55. The van der Waals surface area contributed by atoms with E-state index in [-0.39, 0.29) is 0 Å². The number of hydrogen-bond acceptors (Lipinski definition) is 7. The second-order valence-corrected chi connectivity index (χ2v) is 8.80. The number of carbonyl (C=O) groups is 1. The molecule has 7 nitrogen and oxygen atoms in total. The van der Waals surface area contributed by atoms with Gasteiger partial charge in [0.05, 0.1) is 31.2 Å². The van der Waals surface area contributed by atoms with Crippen molar-refractivity contribution in [2.45, 2.75) is 33.1 Å². The van der Waals surface area contributed by atoms with E-state index in [1.807, 2.05) is 38.4 Å². The maximum absolute atomic E-state index is 11.5. The fraction of sp³-hybridized carbons (Fsp3) is 0.542. The molecule has 0 radical (unpaired) electrons. The summed E-state index contributed by atoms with van der Waals surface area (Å²) in [4.78, 5) is 13.7. The quantitative estimate of drug-likeness (QED) is 0.161. The van der Waals surface area contributed by atoms with Crippen molar-refractivity contribution in [2.24, 2.45) is 17.5 Å². The smallest absolute Gasteiger partial charge is 0.148 e. The normalized spacial score (nSPS) is 18.2. The fourth-order valence-electron chi connectivity index (χ4n) is 3.18. The van der Waals surface area contributed by atoms with Gasteiger partial charge in [-0.25, -0.2) is 5.84 Å². The molecule has 2 fully saturated rings. The predicted molar refractivity (Wildman–Crippen MR) is 135 cm³/mol. The summed E-state index contributed by atoms with van der Waals surface area (Å²) in [5.41, 5.74) is 8.83. The largest absolute Gasteiger partial charge is 0.396 e. The third-order valence-electron chi connectivity index (χ3n) is 4.95. The lowest BCUT2D eigenvalue weighted by Gasteiger charge is -2.23. The molecule has 0 unspecified atom stereocenters. The number of rotatable bonds is 12. The van der Waals surface area contributed by atoms with Crippen molar-refractivity contribution in [3.63, 3.8) is 0 Å². The second kappa shape index (κ2) is 15.7. The third-order valence-corrected chi connectivity index (χ3v) is 5.60. The predicted octanol–water partition coefficient (Wildman–Crippen LogP) is 2.63. The zero-order valence-electron chi connectivity index (χ0n) is 19.6. The number of ether oxygens (including phenoxy) is 1. The van der Waals surface area contributed by atoms with E-state index in [1.54, 1.807) is 11.9 Å². The molecule has 0 aromatic heterocycles. The van der Waals surface area contributed by atoms with Crippen LogP contribution in [-0.2, 0) is 9.53 Å². The summed E-state index contributed by atoms with van der Waals surface area (Å²) < 4.78 is 6.69. The minimum absolute atomic E-state index is 0.297. The molecule has 1 aliphatic heterocycles. The van der Waals surface area contributed by atoms with Gasteiger partial charge in [-0.2, -0.15) is 0 Å². The van der Waals surface area contributed by atoms with Gasteiger partial charge in [-0.05, 0) is 50.5 Å². The number of nitrogens with one attached hydrogen (secondary N) is 1. The Labute approximate surface area is 201 Å². The minimum Gasteiger partial charge on any atom is -0.396 e. The summed E-state index contributed by atoms with van der Waals surface area (Å²) in [5.74, 6) is 9.41. The van der Waals surface area contributed by atoms with Gasteiger partial charge in [0.15, 0.2) is 0 Å². The van der Waals surface area contributed by atoms with Crippen molar-refractivity contribution in [3.8, 4) is 12.3 Å². The summed E-state index contributed by atoms with van der Waals surface area (Å²) >= 11 is 3.55. The molecule has 5 N–H and O–H groups in total. The number of halogens is 1. The molecule has 2 aliphatic rings. The number of likely N-dealkylation sites (tertiary alicyclic amines) is 1. The summed E-state index contributed by atoms with van der Waals surface area (Å²) in [5, 5.41) is 4.70. The van der Waals surface area contributed by atoms with Crippen molar-refractivity contribution in [3.05, 3.63) is 45.9 Å². The van der Waals surface area contributed by atoms with Gasteiger partial charge < -0.3 is 20.8 Å². The van der Waals surface area contributed by atoms with Crippen LogP contribution in [0.25, 0.3) is 0 Å². The number of allylic oxidation sites excluding steroid dienone is 3. The highest BCUT2D eigenvalue weighted by Gasteiger charge is 2.25. The van der Waals surface area contributed by atoms with Crippen molar-refractivity contribution in [1.29, 1.82) is 0 Å². The van der Waals surface area contributed by atoms with Gasteiger partial charge in [0, 0.05) is 37.6 Å². The monoisotopic (exact) mass is 507 g/mol. The summed E-state index contributed by atoms with van der Waals surface area (Å²) in [6, 6.07) is 0. The topological polar surface area (TPSA) is 96.8 Å². The summed E-state index contributed by atoms with van der Waals surface area (Å²) in [6.45, 7) is 7.26. The van der Waals surface area contributed by atoms with Crippen molar-refractivity contribution >= 4 is 21.7 Å². The Hall–Kier alpha value is -2.05. The highest BCUT2D eigenvalue weighted by molar-refractivity contribution is 9.11. The molecule has 0 amide bonds. The lowest BCUT2D eigenvalue weighted by Crippen LogP contribution is -2.35. The highest BCUT2D eigenvalue weighted by Crippen LogP contribution is 2.30. The molecular weight excluding hydrogens is 470 g/mol. The molecule has 0 spiro atoms. The van der Waals surface area contributed by atoms with Crippen LogP contribution in [0.2, 0.25) is 0 Å². The lowest BCUT2D eigenvalue weighted by atomic mass is 10.2. The van der Waals surface area contributed by atoms with Gasteiger partial charge in [0.2, 0.25) is 0 Å². The van der Waals surface area contributed by atoms with E-state index in [4.69, 9.17) is 16.3 Å². The van der Waals surface area contributed by atoms with Crippen molar-refractivity contribution in [1.82, 2.24) is 15.2 Å². The Kier molecular flexibility index (Phi) is 13.7. The number of hydrogen-bond donors (Lipinski definition) is 3. The molecule has 0 aromatic carbocycles. The Bertz CT molecular complexity index is 763. The molecule has 0 bridgehead atoms. The number of hydrazine groups is 1. The molecule has 32 heavy (non-hydrogen) atoms. The Morgan fingerprint density at radius 3 is 2.66 bits per heavy atom. The molecule has 0 atom stereocenters. The maximum Gasteiger partial charge on any atom is 0.148 e. The Balaban J connectivity index is 0.00000161. The molecule has 1 saturated heterocycles. The third kappa shape index (κ3) is 11.0. The minimum atomic E-state index is 0.297. The first-order chi connectivity index (χ1) is 15.4. The van der Waals surface area contributed by atoms with Gasteiger partial charge in [-0.3, -0.25) is 9.69 Å². The molecule has 0 aromatic rings. The number of Topliss-reactive ketones (excluding diaryl/α,β-unsaturated/α-hetero) is 1. The van der Waals surface area contributed by atoms with Gasteiger partial charge >= 0.3 is 0 Å². The SMILES string of the molecule is C#CC.C/C=C(\C(N)=C(\Br)COC/C(=C\C=C/NC)CN1CCC(=O)C1)N(N)CC1CC1. The van der Waals surface area contributed by atoms with E-state index in [0.29, 0.717) is 50.1 Å². The van der Waals surface area contributed by atoms with Gasteiger partial charge in [0.25, 0.3) is 0 Å². The van der Waals surface area contributed by atoms with Crippen LogP contribution in [-0.4, -0.2) is 62.1 Å². The van der Waals surface area contributed by atoms with E-state index in [0.717, 1.165) is 28.8 Å². The van der Waals surface area contributed by atoms with Crippen LogP contribution in [0.15, 0.2) is 45.9 Å². The maximum atomic E-state index is 11.5. The first-order valence-electron chi connectivity index (χ1n) is 10.9. The van der Waals surface area contributed by atoms with Gasteiger partial charge in [-0.1, -0.05) is 28.1 Å². The molecule has 1 saturated carbocycles. The first kappa shape index (κ1) is 28.0. The van der Waals surface area contributed by atoms with Crippen molar-refractivity contribution < 1.29 is 9.53 Å². The van der Waals surface area contributed by atoms with Crippen LogP contribution >= 0.6 is 15.9 Å². The van der Waals surface area contributed by atoms with E-state index >= 15 is 0 Å². The van der Waals surface area contributed by atoms with Crippen LogP contribution < -0.4 is 16.9 Å². The van der Waals surface area contributed by atoms with Crippen LogP contribution in [0.3, 0.4) is 0 Å². The average Bonchev–Trinajstić information content (AvgIpc) is 3.47. The zero-order valence-corrected chi connectivity index (χ0v) is 21.2. The number of carbonyl (C=O) groups excluding carboxylic acids is 1. The van der Waals surface area contributed by atoms with Crippen LogP contribution in [0.1, 0.15) is 33.1 Å². The van der Waals surface area contributed by atoms with Crippen molar-refractivity contribution in [2.75, 3.05) is 46.4 Å². The molecule has 1 heterocycles. The van der Waals surface area contributed by atoms with Gasteiger partial charge in [0.1, 0.15) is 5.78 Å². The molecule has 8 heteroatoms. The highest BCUT2D eigenvalue weighted by atomic mass is 79.9. The van der Waals surface area contributed by atoms with Crippen LogP contribution in [0, 0.1) is 18.3 Å². The number of terminal acetylenes is 1. The lowest BCUT2D eigenvalue weighted by molar-refractivity contribution is -0.116. The second-order valence-electron chi connectivity index (χ2n) is 7.84. The standard InChI is InChI=1S/C21H34BrN5O2.C3H4/c1-3-20(27(24)12-16-6-7-16)21(23)19(22)15-29-14-17(5-4-9-25-2)11-26-10-8-18(28)13-26;1-3-2/h3-5,9,16,25H,6-8,10-15,23-24H2,1-2H3;1H,2H3/b9-4-,17-5-,20-3+,21-19-;. The van der Waals surface area contributed by atoms with E-state index in [9.17, 15) is 4.79 Å².